The van der Waals surface area contributed by atoms with Crippen LogP contribution in [-0.4, -0.2) is 28.8 Å². The van der Waals surface area contributed by atoms with E-state index in [1.54, 1.807) is 36.4 Å². The summed E-state index contributed by atoms with van der Waals surface area (Å²) in [6, 6.07) is 27.7. The maximum Gasteiger partial charge on any atom is 0.408 e. The Morgan fingerprint density at radius 1 is 0.838 bits per heavy atom. The van der Waals surface area contributed by atoms with Crippen LogP contribution in [0.2, 0.25) is 0 Å². The van der Waals surface area contributed by atoms with Crippen LogP contribution >= 0.6 is 15.9 Å². The number of carbonyl (C=O) groups is 3. The fourth-order valence-electron chi connectivity index (χ4n) is 3.63. The Morgan fingerprint density at radius 3 is 2.19 bits per heavy atom. The summed E-state index contributed by atoms with van der Waals surface area (Å²) in [5.41, 5.74) is 2.51. The van der Waals surface area contributed by atoms with Gasteiger partial charge in [-0.3, -0.25) is 14.6 Å². The standard InChI is InChI=1S/C29H24BrN3O4/c30-22-14-15-24(23(18-22)27(34)25-13-7-8-16-31-25)32-28(35)26(17-20-9-3-1-4-10-20)33-29(36)37-19-21-11-5-2-6-12-21/h1-16,18,26H,17,19H2,(H,32,35)(H,33,36)/t26-/m0/s1. The van der Waals surface area contributed by atoms with Crippen LogP contribution in [0.5, 0.6) is 0 Å². The number of halogens is 1. The molecule has 0 unspecified atom stereocenters. The summed E-state index contributed by atoms with van der Waals surface area (Å²) >= 11 is 3.39. The number of hydrogen-bond donors (Lipinski definition) is 2. The Hall–Kier alpha value is -4.30. The second-order valence-corrected chi connectivity index (χ2v) is 9.09. The predicted molar refractivity (Wildman–Crippen MR) is 144 cm³/mol. The first-order valence-electron chi connectivity index (χ1n) is 11.6. The van der Waals surface area contributed by atoms with Crippen molar-refractivity contribution >= 4 is 39.4 Å². The lowest BCUT2D eigenvalue weighted by atomic mass is 10.0. The molecule has 0 aliphatic carbocycles. The molecule has 2 N–H and O–H groups in total. The number of nitrogens with one attached hydrogen (secondary N) is 2. The average molecular weight is 558 g/mol. The van der Waals surface area contributed by atoms with Crippen LogP contribution in [-0.2, 0) is 22.6 Å². The minimum atomic E-state index is -0.952. The third-order valence-corrected chi connectivity index (χ3v) is 5.98. The number of benzene rings is 3. The molecule has 0 bridgehead atoms. The molecule has 2 amide bonds. The average Bonchev–Trinajstić information content (AvgIpc) is 2.93. The second kappa shape index (κ2) is 12.6. The van der Waals surface area contributed by atoms with Crippen LogP contribution in [0.3, 0.4) is 0 Å². The highest BCUT2D eigenvalue weighted by Gasteiger charge is 2.24. The van der Waals surface area contributed by atoms with Crippen molar-refractivity contribution in [3.05, 3.63) is 130 Å². The van der Waals surface area contributed by atoms with Crippen LogP contribution in [0.4, 0.5) is 10.5 Å². The number of alkyl carbamates (subject to hydrolysis) is 1. The molecule has 8 heteroatoms. The van der Waals surface area contributed by atoms with Crippen LogP contribution in [0.15, 0.2) is 108 Å². The largest absolute Gasteiger partial charge is 0.445 e. The summed E-state index contributed by atoms with van der Waals surface area (Å²) in [4.78, 5) is 43.3. The third kappa shape index (κ3) is 7.35. The SMILES string of the molecule is O=C(N[C@@H](Cc1ccccc1)C(=O)Nc1ccc(Br)cc1C(=O)c1ccccn1)OCc1ccccc1. The summed E-state index contributed by atoms with van der Waals surface area (Å²) < 4.78 is 6.01. The van der Waals surface area contributed by atoms with Crippen molar-refractivity contribution in [1.29, 1.82) is 0 Å². The minimum absolute atomic E-state index is 0.0712. The molecule has 0 aliphatic heterocycles. The van der Waals surface area contributed by atoms with Gasteiger partial charge in [0, 0.05) is 22.7 Å². The fourth-order valence-corrected chi connectivity index (χ4v) is 4.00. The molecular weight excluding hydrogens is 534 g/mol. The Labute approximate surface area is 223 Å². The summed E-state index contributed by atoms with van der Waals surface area (Å²) in [6.07, 6.45) is 1.04. The van der Waals surface area contributed by atoms with Crippen molar-refractivity contribution in [2.75, 3.05) is 5.32 Å². The maximum absolute atomic E-state index is 13.4. The van der Waals surface area contributed by atoms with Gasteiger partial charge in [-0.25, -0.2) is 4.79 Å². The number of aromatic nitrogens is 1. The third-order valence-electron chi connectivity index (χ3n) is 5.49. The molecule has 37 heavy (non-hydrogen) atoms. The minimum Gasteiger partial charge on any atom is -0.445 e. The van der Waals surface area contributed by atoms with Gasteiger partial charge in [-0.05, 0) is 41.5 Å². The lowest BCUT2D eigenvalue weighted by Gasteiger charge is -2.20. The number of carbonyl (C=O) groups excluding carboxylic acids is 3. The monoisotopic (exact) mass is 557 g/mol. The predicted octanol–water partition coefficient (Wildman–Crippen LogP) is 5.55. The number of ether oxygens (including phenoxy) is 1. The first-order valence-corrected chi connectivity index (χ1v) is 12.4. The van der Waals surface area contributed by atoms with Gasteiger partial charge >= 0.3 is 6.09 Å². The summed E-state index contributed by atoms with van der Waals surface area (Å²) in [6.45, 7) is 0.0712. The molecule has 0 radical (unpaired) electrons. The van der Waals surface area contributed by atoms with Gasteiger partial charge in [-0.15, -0.1) is 0 Å². The summed E-state index contributed by atoms with van der Waals surface area (Å²) in [5, 5.41) is 5.48. The van der Waals surface area contributed by atoms with E-state index in [0.29, 0.717) is 10.2 Å². The fraction of sp³-hybridized carbons (Fsp3) is 0.103. The number of pyridine rings is 1. The molecule has 0 aliphatic rings. The first-order chi connectivity index (χ1) is 18.0. The zero-order valence-electron chi connectivity index (χ0n) is 19.8. The van der Waals surface area contributed by atoms with Crippen LogP contribution < -0.4 is 10.6 Å². The van der Waals surface area contributed by atoms with E-state index < -0.39 is 18.0 Å². The zero-order valence-corrected chi connectivity index (χ0v) is 21.4. The van der Waals surface area contributed by atoms with Gasteiger partial charge in [0.1, 0.15) is 18.3 Å². The Morgan fingerprint density at radius 2 is 1.51 bits per heavy atom. The maximum atomic E-state index is 13.4. The topological polar surface area (TPSA) is 97.4 Å². The highest BCUT2D eigenvalue weighted by atomic mass is 79.9. The van der Waals surface area contributed by atoms with E-state index in [-0.39, 0.29) is 30.1 Å². The van der Waals surface area contributed by atoms with E-state index in [1.807, 2.05) is 60.7 Å². The van der Waals surface area contributed by atoms with Gasteiger partial charge in [0.15, 0.2) is 0 Å². The van der Waals surface area contributed by atoms with Crippen molar-refractivity contribution in [3.63, 3.8) is 0 Å². The van der Waals surface area contributed by atoms with Gasteiger partial charge in [0.2, 0.25) is 11.7 Å². The second-order valence-electron chi connectivity index (χ2n) is 8.17. The van der Waals surface area contributed by atoms with Crippen molar-refractivity contribution in [2.24, 2.45) is 0 Å². The highest BCUT2D eigenvalue weighted by Crippen LogP contribution is 2.24. The zero-order chi connectivity index (χ0) is 26.0. The molecule has 0 spiro atoms. The Bertz CT molecular complexity index is 1370. The van der Waals surface area contributed by atoms with Crippen molar-refractivity contribution < 1.29 is 19.1 Å². The molecular formula is C29H24BrN3O4. The van der Waals surface area contributed by atoms with Crippen molar-refractivity contribution in [1.82, 2.24) is 10.3 Å². The Balaban J connectivity index is 1.53. The molecule has 4 rings (SSSR count). The molecule has 1 aromatic heterocycles. The molecule has 0 fully saturated rings. The van der Waals surface area contributed by atoms with E-state index in [9.17, 15) is 14.4 Å². The number of ketones is 1. The van der Waals surface area contributed by atoms with Gasteiger partial charge in [0.05, 0.1) is 5.69 Å². The van der Waals surface area contributed by atoms with E-state index in [0.717, 1.165) is 11.1 Å². The van der Waals surface area contributed by atoms with Gasteiger partial charge in [-0.1, -0.05) is 82.7 Å². The lowest BCUT2D eigenvalue weighted by molar-refractivity contribution is -0.118. The van der Waals surface area contributed by atoms with E-state index in [4.69, 9.17) is 4.74 Å². The molecule has 0 saturated carbocycles. The smallest absolute Gasteiger partial charge is 0.408 e. The van der Waals surface area contributed by atoms with E-state index in [1.165, 1.54) is 6.20 Å². The Kier molecular flexibility index (Phi) is 8.78. The summed E-state index contributed by atoms with van der Waals surface area (Å²) in [5.74, 6) is -0.829. The lowest BCUT2D eigenvalue weighted by Crippen LogP contribution is -2.45. The van der Waals surface area contributed by atoms with Crippen molar-refractivity contribution in [2.45, 2.75) is 19.1 Å². The highest BCUT2D eigenvalue weighted by molar-refractivity contribution is 9.10. The van der Waals surface area contributed by atoms with Gasteiger partial charge in [0.25, 0.3) is 0 Å². The molecule has 7 nitrogen and oxygen atoms in total. The van der Waals surface area contributed by atoms with Gasteiger partial charge < -0.3 is 15.4 Å². The molecule has 3 aromatic carbocycles. The summed E-state index contributed by atoms with van der Waals surface area (Å²) in [7, 11) is 0. The van der Waals surface area contributed by atoms with Crippen LogP contribution in [0.1, 0.15) is 27.2 Å². The number of nitrogens with zero attached hydrogens (tertiary/aromatic N) is 1. The molecule has 186 valence electrons. The first kappa shape index (κ1) is 25.8. The number of amides is 2. The number of rotatable bonds is 9. The van der Waals surface area contributed by atoms with Crippen LogP contribution in [0.25, 0.3) is 0 Å². The van der Waals surface area contributed by atoms with E-state index >= 15 is 0 Å². The number of hydrogen-bond acceptors (Lipinski definition) is 5. The molecule has 1 heterocycles. The molecule has 4 aromatic rings. The molecule has 0 saturated heterocycles. The number of anilines is 1. The normalized spacial score (nSPS) is 11.3. The van der Waals surface area contributed by atoms with Crippen molar-refractivity contribution in [3.8, 4) is 0 Å². The van der Waals surface area contributed by atoms with E-state index in [2.05, 4.69) is 31.5 Å². The van der Waals surface area contributed by atoms with Crippen LogP contribution in [0, 0.1) is 0 Å². The van der Waals surface area contributed by atoms with Gasteiger partial charge in [-0.2, -0.15) is 0 Å². The molecule has 1 atom stereocenters. The quantitative estimate of drug-likeness (QED) is 0.263.